The minimum Gasteiger partial charge on any atom is -0.370 e. The summed E-state index contributed by atoms with van der Waals surface area (Å²) in [5, 5.41) is 1.84. The first-order chi connectivity index (χ1) is 14.7. The number of nitrogens with one attached hydrogen (secondary N) is 1. The molecule has 1 aromatic rings. The number of ether oxygens (including phenoxy) is 1. The van der Waals surface area contributed by atoms with Gasteiger partial charge in [-0.3, -0.25) is 19.3 Å². The van der Waals surface area contributed by atoms with E-state index in [-0.39, 0.29) is 25.4 Å². The minimum absolute atomic E-state index is 0.00842. The number of amides is 3. The molecule has 3 amide bonds. The molecule has 0 radical (unpaired) electrons. The Hall–Kier alpha value is -2.87. The largest absolute Gasteiger partial charge is 0.418 e. The Balaban J connectivity index is 2.37. The first kappa shape index (κ1) is 25.4. The zero-order valence-corrected chi connectivity index (χ0v) is 16.7. The van der Waals surface area contributed by atoms with Crippen molar-refractivity contribution in [3.8, 4) is 0 Å². The average molecular weight is 470 g/mol. The normalized spacial score (nSPS) is 16.2. The van der Waals surface area contributed by atoms with Crippen LogP contribution >= 0.6 is 0 Å². The number of hydrogen-bond donors (Lipinski definition) is 2. The molecule has 0 aromatic heterocycles. The fraction of sp³-hybridized carbons (Fsp3) is 0.500. The number of benzene rings is 1. The molecule has 1 atom stereocenters. The molecule has 1 fully saturated rings. The van der Waals surface area contributed by atoms with Crippen LogP contribution in [0.15, 0.2) is 18.2 Å². The van der Waals surface area contributed by atoms with Crippen LogP contribution in [-0.4, -0.2) is 67.7 Å². The number of nitrogens with two attached hydrogens (primary N) is 1. The predicted molar refractivity (Wildman–Crippen MR) is 99.5 cm³/mol. The van der Waals surface area contributed by atoms with E-state index in [2.05, 4.69) is 0 Å². The van der Waals surface area contributed by atoms with Crippen LogP contribution in [0.4, 0.5) is 37.7 Å². The number of carbonyl (C=O) groups is 3. The van der Waals surface area contributed by atoms with Crippen LogP contribution < -0.4 is 16.0 Å². The lowest BCUT2D eigenvalue weighted by Gasteiger charge is -2.29. The van der Waals surface area contributed by atoms with Crippen LogP contribution in [0.1, 0.15) is 12.5 Å². The molecule has 1 aliphatic heterocycles. The smallest absolute Gasteiger partial charge is 0.370 e. The summed E-state index contributed by atoms with van der Waals surface area (Å²) in [7, 11) is 0. The van der Waals surface area contributed by atoms with Gasteiger partial charge in [-0.2, -0.15) is 26.3 Å². The fourth-order valence-electron chi connectivity index (χ4n) is 3.13. The van der Waals surface area contributed by atoms with Crippen molar-refractivity contribution < 1.29 is 45.5 Å². The van der Waals surface area contributed by atoms with Crippen LogP contribution in [0.3, 0.4) is 0 Å². The van der Waals surface area contributed by atoms with Gasteiger partial charge in [0.1, 0.15) is 6.61 Å². The van der Waals surface area contributed by atoms with E-state index in [1.165, 1.54) is 6.92 Å². The molecule has 2 rings (SSSR count). The number of nitrogens with zero attached hydrogens (tertiary/aromatic N) is 2. The monoisotopic (exact) mass is 470 g/mol. The molecule has 0 saturated carbocycles. The Morgan fingerprint density at radius 1 is 1.25 bits per heavy atom. The lowest BCUT2D eigenvalue weighted by atomic mass is 10.1. The van der Waals surface area contributed by atoms with Crippen LogP contribution in [-0.2, 0) is 25.3 Å². The van der Waals surface area contributed by atoms with Crippen molar-refractivity contribution in [2.24, 2.45) is 5.73 Å². The van der Waals surface area contributed by atoms with Crippen molar-refractivity contribution in [3.63, 3.8) is 0 Å². The quantitative estimate of drug-likeness (QED) is 0.467. The lowest BCUT2D eigenvalue weighted by Crippen LogP contribution is -2.54. The van der Waals surface area contributed by atoms with E-state index in [9.17, 15) is 40.7 Å². The molecule has 0 bridgehead atoms. The molecule has 0 spiro atoms. The van der Waals surface area contributed by atoms with Crippen molar-refractivity contribution in [2.45, 2.75) is 25.3 Å². The van der Waals surface area contributed by atoms with Gasteiger partial charge in [-0.05, 0) is 24.7 Å². The van der Waals surface area contributed by atoms with E-state index in [0.717, 1.165) is 17.0 Å². The summed E-state index contributed by atoms with van der Waals surface area (Å²) in [6, 6.07) is 0.423. The Morgan fingerprint density at radius 2 is 1.91 bits per heavy atom. The second-order valence-electron chi connectivity index (χ2n) is 6.80. The zero-order valence-electron chi connectivity index (χ0n) is 16.7. The lowest BCUT2D eigenvalue weighted by molar-refractivity contribution is -0.156. The van der Waals surface area contributed by atoms with Crippen LogP contribution in [0.2, 0.25) is 0 Å². The van der Waals surface area contributed by atoms with Gasteiger partial charge in [0.05, 0.1) is 24.4 Å². The average Bonchev–Trinajstić information content (AvgIpc) is 2.66. The van der Waals surface area contributed by atoms with Gasteiger partial charge >= 0.3 is 12.4 Å². The van der Waals surface area contributed by atoms with E-state index in [4.69, 9.17) is 10.5 Å². The SMILES string of the molecule is CCN(CC(F)(F)F)[C@@H](C(N)=O)C(=O)Nc1ccc(N2CCOCC2=O)cc1C(F)(F)F. The third kappa shape index (κ3) is 6.32. The molecule has 1 aliphatic rings. The van der Waals surface area contributed by atoms with E-state index in [1.807, 2.05) is 5.32 Å². The topological polar surface area (TPSA) is 105 Å². The molecule has 0 unspecified atom stereocenters. The number of morpholine rings is 1. The summed E-state index contributed by atoms with van der Waals surface area (Å²) in [5.41, 5.74) is 2.79. The molecule has 1 aromatic carbocycles. The second kappa shape index (κ2) is 9.73. The maximum Gasteiger partial charge on any atom is 0.418 e. The number of hydrogen-bond acceptors (Lipinski definition) is 5. The highest BCUT2D eigenvalue weighted by molar-refractivity contribution is 6.10. The summed E-state index contributed by atoms with van der Waals surface area (Å²) < 4.78 is 84.1. The number of likely N-dealkylation sites (N-methyl/N-ethyl adjacent to an activating group) is 1. The summed E-state index contributed by atoms with van der Waals surface area (Å²) in [6.07, 6.45) is -9.78. The van der Waals surface area contributed by atoms with Gasteiger partial charge in [0, 0.05) is 12.2 Å². The standard InChI is InChI=1S/C18H20F6N4O4/c1-2-27(9-17(19,20)21)14(15(25)30)16(31)26-12-4-3-10(7-11(12)18(22,23)24)28-5-6-32-8-13(28)29/h3-4,7,14H,2,5-6,8-9H2,1H3,(H2,25,30)(H,26,31)/t14-/m0/s1. The number of anilines is 2. The summed E-state index contributed by atoms with van der Waals surface area (Å²) in [5.74, 6) is -3.48. The summed E-state index contributed by atoms with van der Waals surface area (Å²) >= 11 is 0. The van der Waals surface area contributed by atoms with Gasteiger partial charge in [0.2, 0.25) is 5.91 Å². The molecule has 1 heterocycles. The van der Waals surface area contributed by atoms with Gasteiger partial charge in [-0.15, -0.1) is 0 Å². The van der Waals surface area contributed by atoms with Gasteiger partial charge < -0.3 is 20.7 Å². The van der Waals surface area contributed by atoms with E-state index in [1.54, 1.807) is 0 Å². The number of alkyl halides is 6. The van der Waals surface area contributed by atoms with Crippen molar-refractivity contribution in [1.82, 2.24) is 4.90 Å². The minimum atomic E-state index is -4.99. The maximum absolute atomic E-state index is 13.6. The molecule has 3 N–H and O–H groups in total. The fourth-order valence-corrected chi connectivity index (χ4v) is 3.13. The highest BCUT2D eigenvalue weighted by Crippen LogP contribution is 2.37. The first-order valence-corrected chi connectivity index (χ1v) is 9.25. The van der Waals surface area contributed by atoms with Gasteiger partial charge in [0.15, 0.2) is 6.04 Å². The van der Waals surface area contributed by atoms with Gasteiger partial charge in [0.25, 0.3) is 11.8 Å². The molecule has 0 aliphatic carbocycles. The highest BCUT2D eigenvalue weighted by Gasteiger charge is 2.40. The number of primary amides is 1. The molecule has 1 saturated heterocycles. The predicted octanol–water partition coefficient (Wildman–Crippen LogP) is 1.75. The molecular formula is C18H20F6N4O4. The van der Waals surface area contributed by atoms with Gasteiger partial charge in [-0.1, -0.05) is 6.92 Å². The molecule has 32 heavy (non-hydrogen) atoms. The Morgan fingerprint density at radius 3 is 2.41 bits per heavy atom. The van der Waals surface area contributed by atoms with E-state index < -0.39 is 60.5 Å². The number of rotatable bonds is 7. The zero-order chi connectivity index (χ0) is 24.3. The second-order valence-corrected chi connectivity index (χ2v) is 6.80. The van der Waals surface area contributed by atoms with Crippen LogP contribution in [0.5, 0.6) is 0 Å². The number of halogens is 6. The van der Waals surface area contributed by atoms with Crippen LogP contribution in [0.25, 0.3) is 0 Å². The molecular weight excluding hydrogens is 450 g/mol. The first-order valence-electron chi connectivity index (χ1n) is 9.25. The van der Waals surface area contributed by atoms with Gasteiger partial charge in [-0.25, -0.2) is 0 Å². The van der Waals surface area contributed by atoms with Crippen LogP contribution in [0, 0.1) is 0 Å². The Bertz CT molecular complexity index is 874. The number of carbonyl (C=O) groups excluding carboxylic acids is 3. The van der Waals surface area contributed by atoms with Crippen molar-refractivity contribution in [2.75, 3.05) is 43.1 Å². The van der Waals surface area contributed by atoms with E-state index >= 15 is 0 Å². The third-order valence-electron chi connectivity index (χ3n) is 4.54. The summed E-state index contributed by atoms with van der Waals surface area (Å²) in [6.45, 7) is -1.07. The molecule has 178 valence electrons. The molecule has 8 nitrogen and oxygen atoms in total. The molecule has 14 heteroatoms. The Labute approximate surface area is 178 Å². The van der Waals surface area contributed by atoms with Crippen molar-refractivity contribution in [1.29, 1.82) is 0 Å². The van der Waals surface area contributed by atoms with Crippen molar-refractivity contribution >= 4 is 29.1 Å². The maximum atomic E-state index is 13.6. The van der Waals surface area contributed by atoms with Crippen molar-refractivity contribution in [3.05, 3.63) is 23.8 Å². The highest BCUT2D eigenvalue weighted by atomic mass is 19.4. The summed E-state index contributed by atoms with van der Waals surface area (Å²) in [4.78, 5) is 37.5. The van der Waals surface area contributed by atoms with E-state index in [0.29, 0.717) is 11.0 Å². The Kier molecular flexibility index (Phi) is 7.72. The third-order valence-corrected chi connectivity index (χ3v) is 4.54.